The number of hydrogen-bond acceptors (Lipinski definition) is 2. The molecule has 3 nitrogen and oxygen atoms in total. The third-order valence-corrected chi connectivity index (χ3v) is 3.76. The highest BCUT2D eigenvalue weighted by Crippen LogP contribution is 2.34. The summed E-state index contributed by atoms with van der Waals surface area (Å²) in [6.07, 6.45) is 4.24. The van der Waals surface area contributed by atoms with E-state index in [9.17, 15) is 4.79 Å². The van der Waals surface area contributed by atoms with Gasteiger partial charge in [-0.1, -0.05) is 51.3 Å². The minimum atomic E-state index is -0.226. The quantitative estimate of drug-likeness (QED) is 0.801. The lowest BCUT2D eigenvalue weighted by molar-refractivity contribution is -0.118. The molecule has 96 valence electrons. The Hall–Kier alpha value is -0.550. The molecule has 0 fully saturated rings. The summed E-state index contributed by atoms with van der Waals surface area (Å²) in [6, 6.07) is 3.30. The van der Waals surface area contributed by atoms with Crippen molar-refractivity contribution in [3.63, 3.8) is 0 Å². The van der Waals surface area contributed by atoms with Gasteiger partial charge in [-0.15, -0.1) is 0 Å². The molecule has 0 spiro atoms. The maximum atomic E-state index is 12.0. The lowest BCUT2D eigenvalue weighted by Crippen LogP contribution is -2.24. The fraction of sp³-hybridized carbons (Fsp3) is 0.250. The molecule has 1 aliphatic carbocycles. The molecule has 0 bridgehead atoms. The van der Waals surface area contributed by atoms with Crippen LogP contribution in [0.25, 0.3) is 0 Å². The fourth-order valence-electron chi connectivity index (χ4n) is 1.80. The van der Waals surface area contributed by atoms with Crippen molar-refractivity contribution >= 4 is 50.7 Å². The highest BCUT2D eigenvalue weighted by atomic mass is 79.9. The van der Waals surface area contributed by atoms with Crippen molar-refractivity contribution in [2.75, 3.05) is 5.32 Å². The van der Waals surface area contributed by atoms with Crippen molar-refractivity contribution < 1.29 is 4.79 Å². The Morgan fingerprint density at radius 1 is 1.33 bits per heavy atom. The third-order valence-electron chi connectivity index (χ3n) is 2.71. The van der Waals surface area contributed by atoms with Crippen molar-refractivity contribution in [2.24, 2.45) is 11.7 Å². The van der Waals surface area contributed by atoms with E-state index < -0.39 is 0 Å². The van der Waals surface area contributed by atoms with E-state index >= 15 is 0 Å². The van der Waals surface area contributed by atoms with Crippen LogP contribution in [0.5, 0.6) is 0 Å². The van der Waals surface area contributed by atoms with Crippen LogP contribution in [-0.2, 0) is 4.79 Å². The van der Waals surface area contributed by atoms with Gasteiger partial charge in [0.1, 0.15) is 0 Å². The second-order valence-electron chi connectivity index (χ2n) is 4.12. The zero-order valence-corrected chi connectivity index (χ0v) is 12.4. The number of anilines is 1. The Labute approximate surface area is 123 Å². The number of carbonyl (C=O) groups is 1. The number of hydrogen-bond donors (Lipinski definition) is 2. The molecule has 0 aromatic heterocycles. The highest BCUT2D eigenvalue weighted by molar-refractivity contribution is 9.10. The Kier molecular flexibility index (Phi) is 4.33. The minimum absolute atomic E-state index is 0.0587. The number of amides is 1. The van der Waals surface area contributed by atoms with Crippen molar-refractivity contribution in [3.8, 4) is 0 Å². The van der Waals surface area contributed by atoms with Crippen LogP contribution in [0.1, 0.15) is 6.42 Å². The lowest BCUT2D eigenvalue weighted by Gasteiger charge is -2.13. The molecule has 1 amide bonds. The van der Waals surface area contributed by atoms with E-state index in [2.05, 4.69) is 21.2 Å². The Balaban J connectivity index is 2.15. The summed E-state index contributed by atoms with van der Waals surface area (Å²) in [4.78, 5) is 12.0. The third kappa shape index (κ3) is 3.06. The summed E-state index contributed by atoms with van der Waals surface area (Å²) in [5, 5.41) is 3.53. The van der Waals surface area contributed by atoms with Gasteiger partial charge in [0.2, 0.25) is 5.91 Å². The van der Waals surface area contributed by atoms with E-state index in [1.54, 1.807) is 18.2 Å². The first kappa shape index (κ1) is 13.9. The maximum Gasteiger partial charge on any atom is 0.231 e. The molecule has 0 saturated carbocycles. The first-order chi connectivity index (χ1) is 8.47. The molecular formula is C12H11BrCl2N2O. The average molecular weight is 350 g/mol. The topological polar surface area (TPSA) is 55.1 Å². The molecule has 1 aliphatic rings. The van der Waals surface area contributed by atoms with Crippen LogP contribution in [0.4, 0.5) is 5.69 Å². The van der Waals surface area contributed by atoms with E-state index in [1.165, 1.54) is 0 Å². The van der Waals surface area contributed by atoms with E-state index in [4.69, 9.17) is 28.9 Å². The van der Waals surface area contributed by atoms with Gasteiger partial charge in [0.05, 0.1) is 21.7 Å². The fourth-order valence-corrected chi connectivity index (χ4v) is 3.10. The van der Waals surface area contributed by atoms with E-state index in [1.807, 2.05) is 6.08 Å². The normalized spacial score (nSPS) is 22.2. The number of halogens is 3. The van der Waals surface area contributed by atoms with Crippen LogP contribution < -0.4 is 11.1 Å². The van der Waals surface area contributed by atoms with Gasteiger partial charge in [-0.3, -0.25) is 4.79 Å². The van der Waals surface area contributed by atoms with Crippen LogP contribution in [0, 0.1) is 5.92 Å². The van der Waals surface area contributed by atoms with Gasteiger partial charge in [0.15, 0.2) is 0 Å². The van der Waals surface area contributed by atoms with Crippen molar-refractivity contribution in [3.05, 3.63) is 38.8 Å². The summed E-state index contributed by atoms with van der Waals surface area (Å²) >= 11 is 15.4. The van der Waals surface area contributed by atoms with Gasteiger partial charge in [0, 0.05) is 10.5 Å². The summed E-state index contributed by atoms with van der Waals surface area (Å²) < 4.78 is 0.762. The number of benzene rings is 1. The molecule has 2 unspecified atom stereocenters. The predicted molar refractivity (Wildman–Crippen MR) is 78.0 cm³/mol. The molecule has 0 heterocycles. The van der Waals surface area contributed by atoms with Gasteiger partial charge in [-0.05, 0) is 18.6 Å². The minimum Gasteiger partial charge on any atom is -0.324 e. The van der Waals surface area contributed by atoms with E-state index in [0.717, 1.165) is 4.47 Å². The smallest absolute Gasteiger partial charge is 0.231 e. The number of carbonyl (C=O) groups excluding carboxylic acids is 1. The Morgan fingerprint density at radius 2 is 1.94 bits per heavy atom. The van der Waals surface area contributed by atoms with Gasteiger partial charge in [0.25, 0.3) is 0 Å². The summed E-state index contributed by atoms with van der Waals surface area (Å²) in [5.41, 5.74) is 6.14. The molecular weight excluding hydrogens is 339 g/mol. The van der Waals surface area contributed by atoms with Crippen LogP contribution in [-0.4, -0.2) is 11.9 Å². The van der Waals surface area contributed by atoms with Crippen LogP contribution in [0.15, 0.2) is 28.8 Å². The first-order valence-electron chi connectivity index (χ1n) is 5.36. The Bertz CT molecular complexity index is 496. The number of nitrogens with two attached hydrogens (primary N) is 1. The molecule has 1 aromatic rings. The van der Waals surface area contributed by atoms with Gasteiger partial charge < -0.3 is 11.1 Å². The summed E-state index contributed by atoms with van der Waals surface area (Å²) in [5.74, 6) is -0.374. The first-order valence-corrected chi connectivity index (χ1v) is 6.91. The second-order valence-corrected chi connectivity index (χ2v) is 5.85. The maximum absolute atomic E-state index is 12.0. The molecule has 0 radical (unpaired) electrons. The molecule has 6 heteroatoms. The predicted octanol–water partition coefficient (Wildman–Crippen LogP) is 3.60. The molecule has 0 saturated heterocycles. The molecule has 2 rings (SSSR count). The molecule has 3 N–H and O–H groups in total. The molecule has 1 aromatic carbocycles. The van der Waals surface area contributed by atoms with Gasteiger partial charge in [-0.25, -0.2) is 0 Å². The monoisotopic (exact) mass is 348 g/mol. The van der Waals surface area contributed by atoms with Crippen LogP contribution in [0.3, 0.4) is 0 Å². The van der Waals surface area contributed by atoms with E-state index in [0.29, 0.717) is 22.2 Å². The van der Waals surface area contributed by atoms with E-state index in [-0.39, 0.29) is 17.9 Å². The summed E-state index contributed by atoms with van der Waals surface area (Å²) in [6.45, 7) is 0. The number of nitrogens with one attached hydrogen (secondary N) is 1. The Morgan fingerprint density at radius 3 is 2.44 bits per heavy atom. The molecule has 2 atom stereocenters. The molecule has 18 heavy (non-hydrogen) atoms. The number of rotatable bonds is 2. The van der Waals surface area contributed by atoms with Crippen molar-refractivity contribution in [1.82, 2.24) is 0 Å². The SMILES string of the molecule is NC1C=CC(C(=O)Nc2c(Cl)cc(Br)cc2Cl)C1. The lowest BCUT2D eigenvalue weighted by atomic mass is 10.1. The zero-order valence-electron chi connectivity index (χ0n) is 9.29. The summed E-state index contributed by atoms with van der Waals surface area (Å²) in [7, 11) is 0. The standard InChI is InChI=1S/C12H11BrCl2N2O/c13-7-4-9(14)11(10(15)5-7)17-12(18)6-1-2-8(16)3-6/h1-2,4-6,8H,3,16H2,(H,17,18). The van der Waals surface area contributed by atoms with Gasteiger partial charge in [-0.2, -0.15) is 0 Å². The highest BCUT2D eigenvalue weighted by Gasteiger charge is 2.23. The average Bonchev–Trinajstić information content (AvgIpc) is 2.70. The van der Waals surface area contributed by atoms with Gasteiger partial charge >= 0.3 is 0 Å². The largest absolute Gasteiger partial charge is 0.324 e. The van der Waals surface area contributed by atoms with Crippen LogP contribution >= 0.6 is 39.1 Å². The van der Waals surface area contributed by atoms with Crippen molar-refractivity contribution in [2.45, 2.75) is 12.5 Å². The van der Waals surface area contributed by atoms with Crippen LogP contribution in [0.2, 0.25) is 10.0 Å². The van der Waals surface area contributed by atoms with Crippen molar-refractivity contribution in [1.29, 1.82) is 0 Å². The second kappa shape index (κ2) is 5.61. The molecule has 0 aliphatic heterocycles. The zero-order chi connectivity index (χ0) is 13.3.